The molecule has 37 heavy (non-hydrogen) atoms. The number of thiazole rings is 1. The molecule has 3 aromatic rings. The number of imidazole rings is 1. The molecule has 0 unspecified atom stereocenters. The quantitative estimate of drug-likeness (QED) is 0.370. The van der Waals surface area contributed by atoms with Crippen LogP contribution in [0.25, 0.3) is 10.4 Å². The van der Waals surface area contributed by atoms with E-state index in [2.05, 4.69) is 20.6 Å². The van der Waals surface area contributed by atoms with Gasteiger partial charge in [0.1, 0.15) is 0 Å². The van der Waals surface area contributed by atoms with E-state index in [0.29, 0.717) is 30.3 Å². The fraction of sp³-hybridized carbons (Fsp3) is 0.480. The maximum atomic E-state index is 13.5. The van der Waals surface area contributed by atoms with Gasteiger partial charge in [-0.1, -0.05) is 6.07 Å². The average Bonchev–Trinajstić information content (AvgIpc) is 3.50. The fourth-order valence-electron chi connectivity index (χ4n) is 4.65. The topological polar surface area (TPSA) is 129 Å². The Morgan fingerprint density at radius 2 is 1.97 bits per heavy atom. The Hall–Kier alpha value is -2.96. The van der Waals surface area contributed by atoms with Gasteiger partial charge in [-0.25, -0.2) is 23.2 Å². The number of hydrogen-bond donors (Lipinski definition) is 3. The Morgan fingerprint density at radius 1 is 1.19 bits per heavy atom. The molecule has 1 aromatic carbocycles. The summed E-state index contributed by atoms with van der Waals surface area (Å²) in [5.41, 5.74) is 1.30. The molecule has 3 N–H and O–H groups in total. The molecule has 198 valence electrons. The third-order valence-corrected chi connectivity index (χ3v) is 9.84. The van der Waals surface area contributed by atoms with Gasteiger partial charge < -0.3 is 20.4 Å². The number of rotatable bonds is 8. The van der Waals surface area contributed by atoms with Crippen molar-refractivity contribution in [2.75, 3.05) is 18.4 Å². The normalized spacial score (nSPS) is 20.4. The predicted octanol–water partition coefficient (Wildman–Crippen LogP) is 4.83. The van der Waals surface area contributed by atoms with E-state index >= 15 is 0 Å². The zero-order valence-electron chi connectivity index (χ0n) is 20.9. The summed E-state index contributed by atoms with van der Waals surface area (Å²) in [7, 11) is -3.64. The molecule has 2 aromatic heterocycles. The maximum absolute atomic E-state index is 13.5. The van der Waals surface area contributed by atoms with Gasteiger partial charge in [-0.2, -0.15) is 4.31 Å². The number of nitrogens with one attached hydrogen (secondary N) is 3. The number of aromatic nitrogens is 3. The number of alkyl carbamates (subject to hydrolysis) is 1. The molecule has 2 aliphatic rings. The van der Waals surface area contributed by atoms with Crippen molar-refractivity contribution in [2.45, 2.75) is 68.9 Å². The lowest BCUT2D eigenvalue weighted by Crippen LogP contribution is -2.42. The molecule has 2 fully saturated rings. The van der Waals surface area contributed by atoms with Crippen LogP contribution in [0, 0.1) is 0 Å². The molecule has 5 rings (SSSR count). The van der Waals surface area contributed by atoms with Crippen LogP contribution in [-0.2, 0) is 14.8 Å². The SMILES string of the molecule is CC(C)OC(=O)NC1CCC(c2ncc(-c3ccc(Nc4ncc[nH]4)cc3S(=O)(=O)N3CCC3)s2)CC1. The van der Waals surface area contributed by atoms with Gasteiger partial charge in [0, 0.05) is 54.9 Å². The second-order valence-electron chi connectivity index (χ2n) is 9.74. The van der Waals surface area contributed by atoms with Crippen LogP contribution in [0.15, 0.2) is 41.7 Å². The average molecular weight is 545 g/mol. The Bertz CT molecular complexity index is 1330. The summed E-state index contributed by atoms with van der Waals surface area (Å²) in [5, 5.41) is 7.09. The van der Waals surface area contributed by atoms with Crippen molar-refractivity contribution in [2.24, 2.45) is 0 Å². The van der Waals surface area contributed by atoms with E-state index in [-0.39, 0.29) is 29.1 Å². The largest absolute Gasteiger partial charge is 0.447 e. The highest BCUT2D eigenvalue weighted by Crippen LogP contribution is 2.41. The Kier molecular flexibility index (Phi) is 7.50. The Labute approximate surface area is 220 Å². The number of sulfonamides is 1. The lowest BCUT2D eigenvalue weighted by Gasteiger charge is -2.30. The van der Waals surface area contributed by atoms with E-state index in [0.717, 1.165) is 42.0 Å². The molecule has 1 saturated carbocycles. The first-order valence-electron chi connectivity index (χ1n) is 12.6. The summed E-state index contributed by atoms with van der Waals surface area (Å²) in [6.45, 7) is 4.74. The first-order chi connectivity index (χ1) is 17.8. The number of anilines is 2. The first-order valence-corrected chi connectivity index (χ1v) is 14.9. The molecule has 1 aliphatic carbocycles. The number of nitrogens with zero attached hydrogens (tertiary/aromatic N) is 3. The van der Waals surface area contributed by atoms with E-state index in [1.807, 2.05) is 26.0 Å². The minimum Gasteiger partial charge on any atom is -0.447 e. The van der Waals surface area contributed by atoms with Crippen molar-refractivity contribution in [3.05, 3.63) is 41.8 Å². The zero-order chi connectivity index (χ0) is 26.0. The number of hydrogen-bond acceptors (Lipinski definition) is 8. The second-order valence-corrected chi connectivity index (χ2v) is 12.7. The standard InChI is InChI=1S/C25H32N6O4S2/c1-16(2)35-25(32)30-18-6-4-17(5-7-18)23-28-15-21(36-23)20-9-8-19(29-24-26-10-11-27-24)14-22(20)37(33,34)31-12-3-13-31/h8-11,14-18H,3-7,12-13H2,1-2H3,(H,30,32)(H2,26,27,29). The molecule has 1 amide bonds. The highest BCUT2D eigenvalue weighted by atomic mass is 32.2. The van der Waals surface area contributed by atoms with E-state index < -0.39 is 10.0 Å². The lowest BCUT2D eigenvalue weighted by atomic mass is 9.86. The number of carbonyl (C=O) groups excluding carboxylic acids is 1. The number of carbonyl (C=O) groups is 1. The minimum atomic E-state index is -3.64. The summed E-state index contributed by atoms with van der Waals surface area (Å²) >= 11 is 1.55. The molecular formula is C25H32N6O4S2. The Balaban J connectivity index is 1.34. The molecule has 1 saturated heterocycles. The van der Waals surface area contributed by atoms with Crippen LogP contribution >= 0.6 is 11.3 Å². The van der Waals surface area contributed by atoms with Crippen LogP contribution in [0.3, 0.4) is 0 Å². The van der Waals surface area contributed by atoms with Crippen LogP contribution < -0.4 is 10.6 Å². The van der Waals surface area contributed by atoms with Crippen molar-refractivity contribution in [1.29, 1.82) is 0 Å². The fourth-order valence-corrected chi connectivity index (χ4v) is 7.59. The molecule has 0 spiro atoms. The first kappa shape index (κ1) is 25.7. The van der Waals surface area contributed by atoms with Crippen molar-refractivity contribution in [1.82, 2.24) is 24.6 Å². The van der Waals surface area contributed by atoms with Gasteiger partial charge in [-0.05, 0) is 58.1 Å². The second kappa shape index (κ2) is 10.8. The Morgan fingerprint density at radius 3 is 2.62 bits per heavy atom. The molecule has 10 nitrogen and oxygen atoms in total. The van der Waals surface area contributed by atoms with Crippen molar-refractivity contribution in [3.63, 3.8) is 0 Å². The van der Waals surface area contributed by atoms with Gasteiger partial charge in [0.2, 0.25) is 16.0 Å². The van der Waals surface area contributed by atoms with Gasteiger partial charge in [-0.15, -0.1) is 11.3 Å². The van der Waals surface area contributed by atoms with Crippen LogP contribution in [-0.4, -0.2) is 59.0 Å². The number of benzene rings is 1. The summed E-state index contributed by atoms with van der Waals surface area (Å²) in [4.78, 5) is 24.9. The molecule has 1 aliphatic heterocycles. The van der Waals surface area contributed by atoms with Gasteiger partial charge in [0.15, 0.2) is 0 Å². The summed E-state index contributed by atoms with van der Waals surface area (Å²) < 4.78 is 33.7. The smallest absolute Gasteiger partial charge is 0.407 e. The van der Waals surface area contributed by atoms with E-state index in [9.17, 15) is 13.2 Å². The van der Waals surface area contributed by atoms with Gasteiger partial charge in [-0.3, -0.25) is 0 Å². The number of amides is 1. The predicted molar refractivity (Wildman–Crippen MR) is 143 cm³/mol. The van der Waals surface area contributed by atoms with Gasteiger partial charge in [0.25, 0.3) is 0 Å². The van der Waals surface area contributed by atoms with E-state index in [4.69, 9.17) is 9.72 Å². The lowest BCUT2D eigenvalue weighted by molar-refractivity contribution is 0.109. The number of H-pyrrole nitrogens is 1. The van der Waals surface area contributed by atoms with E-state index in [1.54, 1.807) is 36.0 Å². The van der Waals surface area contributed by atoms with Crippen molar-refractivity contribution >= 4 is 39.1 Å². The third kappa shape index (κ3) is 5.81. The molecule has 0 radical (unpaired) electrons. The van der Waals surface area contributed by atoms with Gasteiger partial charge >= 0.3 is 6.09 Å². The maximum Gasteiger partial charge on any atom is 0.407 e. The van der Waals surface area contributed by atoms with Crippen molar-refractivity contribution in [3.8, 4) is 10.4 Å². The molecule has 12 heteroatoms. The van der Waals surface area contributed by atoms with Crippen LogP contribution in [0.5, 0.6) is 0 Å². The number of aromatic amines is 1. The number of ether oxygens (including phenoxy) is 1. The summed E-state index contributed by atoms with van der Waals surface area (Å²) in [5.74, 6) is 0.830. The third-order valence-electron chi connectivity index (χ3n) is 6.71. The van der Waals surface area contributed by atoms with Crippen molar-refractivity contribution < 1.29 is 17.9 Å². The van der Waals surface area contributed by atoms with E-state index in [1.165, 1.54) is 4.31 Å². The highest BCUT2D eigenvalue weighted by molar-refractivity contribution is 7.89. The molecule has 3 heterocycles. The zero-order valence-corrected chi connectivity index (χ0v) is 22.6. The van der Waals surface area contributed by atoms with Crippen LogP contribution in [0.4, 0.5) is 16.4 Å². The molecule has 0 bridgehead atoms. The highest BCUT2D eigenvalue weighted by Gasteiger charge is 2.33. The monoisotopic (exact) mass is 544 g/mol. The van der Waals surface area contributed by atoms with Crippen LogP contribution in [0.1, 0.15) is 56.9 Å². The molecular weight excluding hydrogens is 512 g/mol. The minimum absolute atomic E-state index is 0.101. The summed E-state index contributed by atoms with van der Waals surface area (Å²) in [6, 6.07) is 5.48. The van der Waals surface area contributed by atoms with Gasteiger partial charge in [0.05, 0.1) is 20.9 Å². The summed E-state index contributed by atoms with van der Waals surface area (Å²) in [6.07, 6.45) is 9.01. The van der Waals surface area contributed by atoms with Crippen LogP contribution in [0.2, 0.25) is 0 Å². The molecule has 0 atom stereocenters.